The number of halogens is 2. The molecule has 0 amide bonds. The number of hydrogen-bond acceptors (Lipinski definition) is 3. The van der Waals surface area contributed by atoms with E-state index in [4.69, 9.17) is 23.2 Å². The van der Waals surface area contributed by atoms with E-state index in [-0.39, 0.29) is 0 Å². The molecule has 0 aliphatic carbocycles. The lowest BCUT2D eigenvalue weighted by Crippen LogP contribution is -2.17. The Hall–Kier alpha value is -1.16. The summed E-state index contributed by atoms with van der Waals surface area (Å²) in [7, 11) is 0. The van der Waals surface area contributed by atoms with Crippen molar-refractivity contribution in [2.45, 2.75) is 33.7 Å². The molecule has 0 fully saturated rings. The lowest BCUT2D eigenvalue weighted by molar-refractivity contribution is 0.665. The van der Waals surface area contributed by atoms with Gasteiger partial charge in [0.15, 0.2) is 5.82 Å². The van der Waals surface area contributed by atoms with Gasteiger partial charge < -0.3 is 5.32 Å². The molecular weight excluding hydrogens is 305 g/mol. The first-order chi connectivity index (χ1) is 10.0. The van der Waals surface area contributed by atoms with Gasteiger partial charge in [0.05, 0.1) is 10.0 Å². The molecule has 0 aliphatic heterocycles. The average Bonchev–Trinajstić information content (AvgIpc) is 2.44. The van der Waals surface area contributed by atoms with Crippen molar-refractivity contribution in [3.05, 3.63) is 45.2 Å². The molecular formula is C16H19Cl2N3. The van der Waals surface area contributed by atoms with Crippen molar-refractivity contribution in [2.24, 2.45) is 0 Å². The minimum Gasteiger partial charge on any atom is -0.313 e. The summed E-state index contributed by atoms with van der Waals surface area (Å²) < 4.78 is 0. The first-order valence-corrected chi connectivity index (χ1v) is 7.78. The molecule has 0 saturated carbocycles. The number of aromatic nitrogens is 2. The number of hydrogen-bond donors (Lipinski definition) is 1. The summed E-state index contributed by atoms with van der Waals surface area (Å²) in [6.07, 6.45) is 1.11. The molecule has 1 N–H and O–H groups in total. The van der Waals surface area contributed by atoms with Crippen molar-refractivity contribution in [3.63, 3.8) is 0 Å². The lowest BCUT2D eigenvalue weighted by atomic mass is 10.1. The van der Waals surface area contributed by atoms with E-state index in [2.05, 4.69) is 22.2 Å². The van der Waals surface area contributed by atoms with Crippen LogP contribution in [0.3, 0.4) is 0 Å². The molecule has 0 saturated heterocycles. The minimum absolute atomic E-state index is 0.516. The van der Waals surface area contributed by atoms with E-state index in [0.29, 0.717) is 15.9 Å². The maximum absolute atomic E-state index is 6.06. The maximum Gasteiger partial charge on any atom is 0.159 e. The third-order valence-electron chi connectivity index (χ3n) is 3.33. The number of rotatable bonds is 5. The smallest absolute Gasteiger partial charge is 0.159 e. The van der Waals surface area contributed by atoms with Gasteiger partial charge in [0, 0.05) is 29.1 Å². The summed E-state index contributed by atoms with van der Waals surface area (Å²) in [5.41, 5.74) is 4.02. The van der Waals surface area contributed by atoms with E-state index < -0.39 is 0 Å². The van der Waals surface area contributed by atoms with E-state index in [0.717, 1.165) is 42.0 Å². The van der Waals surface area contributed by atoms with Crippen LogP contribution < -0.4 is 5.32 Å². The maximum atomic E-state index is 6.06. The van der Waals surface area contributed by atoms with E-state index in [1.165, 1.54) is 0 Å². The molecule has 0 aliphatic rings. The van der Waals surface area contributed by atoms with E-state index in [9.17, 15) is 0 Å². The summed E-state index contributed by atoms with van der Waals surface area (Å²) in [5.74, 6) is 0.683. The highest BCUT2D eigenvalue weighted by molar-refractivity contribution is 6.42. The second kappa shape index (κ2) is 7.21. The van der Waals surface area contributed by atoms with Crippen molar-refractivity contribution >= 4 is 23.2 Å². The summed E-state index contributed by atoms with van der Waals surface area (Å²) >= 11 is 12.0. The zero-order valence-electron chi connectivity index (χ0n) is 12.5. The van der Waals surface area contributed by atoms with Crippen LogP contribution in [-0.4, -0.2) is 16.5 Å². The number of benzene rings is 1. The number of nitrogens with one attached hydrogen (secondary N) is 1. The fourth-order valence-electron chi connectivity index (χ4n) is 2.15. The van der Waals surface area contributed by atoms with Gasteiger partial charge >= 0.3 is 0 Å². The monoisotopic (exact) mass is 323 g/mol. The van der Waals surface area contributed by atoms with Crippen LogP contribution in [0.25, 0.3) is 11.4 Å². The predicted molar refractivity (Wildman–Crippen MR) is 89.0 cm³/mol. The van der Waals surface area contributed by atoms with Gasteiger partial charge in [0.2, 0.25) is 0 Å². The van der Waals surface area contributed by atoms with Crippen LogP contribution in [0.4, 0.5) is 0 Å². The first kappa shape index (κ1) is 16.2. The average molecular weight is 324 g/mol. The van der Waals surface area contributed by atoms with Crippen molar-refractivity contribution in [3.8, 4) is 11.4 Å². The van der Waals surface area contributed by atoms with Gasteiger partial charge in [-0.25, -0.2) is 9.97 Å². The normalized spacial score (nSPS) is 10.9. The van der Waals surface area contributed by atoms with Crippen LogP contribution in [0.5, 0.6) is 0 Å². The summed E-state index contributed by atoms with van der Waals surface area (Å²) in [6, 6.07) is 5.45. The van der Waals surface area contributed by atoms with Crippen LogP contribution in [-0.2, 0) is 6.54 Å². The Labute approximate surface area is 135 Å². The molecule has 0 atom stereocenters. The third kappa shape index (κ3) is 3.94. The van der Waals surface area contributed by atoms with Gasteiger partial charge in [-0.1, -0.05) is 30.1 Å². The molecule has 2 aromatic rings. The summed E-state index contributed by atoms with van der Waals surface area (Å²) in [5, 5.41) is 4.44. The number of aryl methyl sites for hydroxylation is 2. The molecule has 1 aromatic carbocycles. The predicted octanol–water partition coefficient (Wildman–Crippen LogP) is 4.57. The quantitative estimate of drug-likeness (QED) is 0.819. The van der Waals surface area contributed by atoms with Gasteiger partial charge in [0.25, 0.3) is 0 Å². The second-order valence-electron chi connectivity index (χ2n) is 5.00. The Morgan fingerprint density at radius 2 is 1.71 bits per heavy atom. The Morgan fingerprint density at radius 1 is 1.05 bits per heavy atom. The fourth-order valence-corrected chi connectivity index (χ4v) is 2.45. The van der Waals surface area contributed by atoms with Gasteiger partial charge in [-0.2, -0.15) is 0 Å². The van der Waals surface area contributed by atoms with Gasteiger partial charge in [-0.05, 0) is 45.0 Å². The molecule has 0 unspecified atom stereocenters. The topological polar surface area (TPSA) is 37.8 Å². The first-order valence-electron chi connectivity index (χ1n) is 7.03. The SMILES string of the molecule is CCCNCc1c(C)nc(-c2ccc(Cl)c(Cl)c2)nc1C. The molecule has 0 spiro atoms. The minimum atomic E-state index is 0.516. The van der Waals surface area contributed by atoms with Gasteiger partial charge in [-0.15, -0.1) is 0 Å². The van der Waals surface area contributed by atoms with E-state index in [1.54, 1.807) is 12.1 Å². The van der Waals surface area contributed by atoms with Crippen molar-refractivity contribution in [2.75, 3.05) is 6.54 Å². The van der Waals surface area contributed by atoms with Crippen LogP contribution >= 0.6 is 23.2 Å². The highest BCUT2D eigenvalue weighted by atomic mass is 35.5. The molecule has 0 radical (unpaired) electrons. The Balaban J connectivity index is 2.32. The van der Waals surface area contributed by atoms with E-state index >= 15 is 0 Å². The van der Waals surface area contributed by atoms with Crippen LogP contribution in [0.2, 0.25) is 10.0 Å². The van der Waals surface area contributed by atoms with Gasteiger partial charge in [0.1, 0.15) is 0 Å². The Bertz CT molecular complexity index is 618. The third-order valence-corrected chi connectivity index (χ3v) is 4.07. The zero-order chi connectivity index (χ0) is 15.4. The molecule has 0 bridgehead atoms. The Morgan fingerprint density at radius 3 is 2.29 bits per heavy atom. The standard InChI is InChI=1S/C16H19Cl2N3/c1-4-7-19-9-13-10(2)20-16(21-11(13)3)12-5-6-14(17)15(18)8-12/h5-6,8,19H,4,7,9H2,1-3H3. The highest BCUT2D eigenvalue weighted by Crippen LogP contribution is 2.27. The largest absolute Gasteiger partial charge is 0.313 e. The molecule has 2 rings (SSSR count). The van der Waals surface area contributed by atoms with Gasteiger partial charge in [-0.3, -0.25) is 0 Å². The molecule has 1 aromatic heterocycles. The highest BCUT2D eigenvalue weighted by Gasteiger charge is 2.10. The van der Waals surface area contributed by atoms with Crippen molar-refractivity contribution < 1.29 is 0 Å². The Kier molecular flexibility index (Phi) is 5.57. The summed E-state index contributed by atoms with van der Waals surface area (Å²) in [6.45, 7) is 7.97. The molecule has 1 heterocycles. The van der Waals surface area contributed by atoms with Crippen LogP contribution in [0.15, 0.2) is 18.2 Å². The van der Waals surface area contributed by atoms with Crippen molar-refractivity contribution in [1.29, 1.82) is 0 Å². The molecule has 21 heavy (non-hydrogen) atoms. The second-order valence-corrected chi connectivity index (χ2v) is 5.82. The fraction of sp³-hybridized carbons (Fsp3) is 0.375. The molecule has 3 nitrogen and oxygen atoms in total. The summed E-state index contributed by atoms with van der Waals surface area (Å²) in [4.78, 5) is 9.20. The lowest BCUT2D eigenvalue weighted by Gasteiger charge is -2.12. The van der Waals surface area contributed by atoms with Crippen LogP contribution in [0, 0.1) is 13.8 Å². The van der Waals surface area contributed by atoms with E-state index in [1.807, 2.05) is 19.9 Å². The van der Waals surface area contributed by atoms with Crippen molar-refractivity contribution in [1.82, 2.24) is 15.3 Å². The zero-order valence-corrected chi connectivity index (χ0v) is 14.0. The molecule has 5 heteroatoms. The van der Waals surface area contributed by atoms with Crippen LogP contribution in [0.1, 0.15) is 30.3 Å². The number of nitrogens with zero attached hydrogens (tertiary/aromatic N) is 2. The molecule has 112 valence electrons.